The summed E-state index contributed by atoms with van der Waals surface area (Å²) in [5.41, 5.74) is 4.28. The Morgan fingerprint density at radius 2 is 1.78 bits per heavy atom. The lowest BCUT2D eigenvalue weighted by Gasteiger charge is -2.59. The number of carbonyl (C=O) groups excluding carboxylic acids is 1. The number of hydrogen-bond donors (Lipinski definition) is 2. The van der Waals surface area contributed by atoms with Gasteiger partial charge in [0.15, 0.2) is 11.5 Å². The highest BCUT2D eigenvalue weighted by molar-refractivity contribution is 6.03. The quantitative estimate of drug-likeness (QED) is 0.0786. The fraction of sp³-hybridized carbons (Fsp3) is 0.511. The molecule has 316 valence electrons. The maximum Gasteiger partial charge on any atom is 0.254 e. The van der Waals surface area contributed by atoms with Gasteiger partial charge in [0.2, 0.25) is 12.6 Å². The van der Waals surface area contributed by atoms with E-state index in [1.807, 2.05) is 58.0 Å². The SMILES string of the molecule is C=CCO[C@@]12Oc3ccc(OCc4cccc(C)n4)cc3[C@H]3[C@H](CCCCO)[C@@H](CCCCO)C=C(C(=NOC(C)(C)C)C[C@@H]1N(C)C(=O)c1ccc4c(c1)OCO4)[C@H]32. The lowest BCUT2D eigenvalue weighted by atomic mass is 9.55. The van der Waals surface area contributed by atoms with Crippen LogP contribution < -0.4 is 18.9 Å². The number of nitrogens with zero attached hydrogens (tertiary/aromatic N) is 3. The van der Waals surface area contributed by atoms with Gasteiger partial charge in [-0.15, -0.1) is 6.58 Å². The molecule has 6 atom stereocenters. The van der Waals surface area contributed by atoms with Crippen molar-refractivity contribution in [1.82, 2.24) is 9.88 Å². The summed E-state index contributed by atoms with van der Waals surface area (Å²) >= 11 is 0. The molecule has 7 rings (SSSR count). The number of unbranched alkanes of at least 4 members (excludes halogenated alkanes) is 2. The summed E-state index contributed by atoms with van der Waals surface area (Å²) in [6.45, 7) is 12.7. The van der Waals surface area contributed by atoms with Crippen LogP contribution in [0.25, 0.3) is 0 Å². The zero-order valence-corrected chi connectivity index (χ0v) is 35.0. The Morgan fingerprint density at radius 3 is 2.53 bits per heavy atom. The Labute approximate surface area is 347 Å². The lowest BCUT2D eigenvalue weighted by molar-refractivity contribution is -0.252. The summed E-state index contributed by atoms with van der Waals surface area (Å²) < 4.78 is 32.0. The fourth-order valence-corrected chi connectivity index (χ4v) is 9.22. The minimum Gasteiger partial charge on any atom is -0.487 e. The van der Waals surface area contributed by atoms with Gasteiger partial charge in [0.05, 0.1) is 23.9 Å². The van der Waals surface area contributed by atoms with Crippen molar-refractivity contribution in [3.63, 3.8) is 0 Å². The van der Waals surface area contributed by atoms with Crippen LogP contribution in [0.15, 0.2) is 84.1 Å². The third-order valence-electron chi connectivity index (χ3n) is 11.8. The highest BCUT2D eigenvalue weighted by atomic mass is 16.7. The summed E-state index contributed by atoms with van der Waals surface area (Å²) in [5, 5.41) is 24.7. The van der Waals surface area contributed by atoms with E-state index in [0.717, 1.165) is 53.9 Å². The zero-order valence-electron chi connectivity index (χ0n) is 35.0. The number of aliphatic hydroxyl groups is 2. The Hall–Kier alpha value is -4.91. The summed E-state index contributed by atoms with van der Waals surface area (Å²) in [6, 6.07) is 16.4. The minimum atomic E-state index is -1.38. The molecule has 3 heterocycles. The van der Waals surface area contributed by atoms with E-state index >= 15 is 0 Å². The molecular formula is C47H59N3O9. The maximum atomic E-state index is 14.7. The minimum absolute atomic E-state index is 0.0791. The van der Waals surface area contributed by atoms with Crippen LogP contribution >= 0.6 is 0 Å². The monoisotopic (exact) mass is 809 g/mol. The largest absolute Gasteiger partial charge is 0.487 e. The van der Waals surface area contributed by atoms with Crippen molar-refractivity contribution in [2.45, 2.75) is 103 Å². The van der Waals surface area contributed by atoms with E-state index in [-0.39, 0.29) is 56.7 Å². The van der Waals surface area contributed by atoms with Gasteiger partial charge in [-0.25, -0.2) is 0 Å². The number of aliphatic hydroxyl groups excluding tert-OH is 2. The van der Waals surface area contributed by atoms with E-state index in [9.17, 15) is 15.0 Å². The van der Waals surface area contributed by atoms with Crippen molar-refractivity contribution >= 4 is 11.6 Å². The molecule has 2 aliphatic heterocycles. The van der Waals surface area contributed by atoms with Crippen LogP contribution in [0, 0.1) is 24.7 Å². The van der Waals surface area contributed by atoms with E-state index in [1.165, 1.54) is 0 Å². The second kappa shape index (κ2) is 18.1. The van der Waals surface area contributed by atoms with Crippen LogP contribution in [0.5, 0.6) is 23.0 Å². The molecule has 1 fully saturated rings. The first-order valence-corrected chi connectivity index (χ1v) is 20.9. The van der Waals surface area contributed by atoms with Crippen molar-refractivity contribution in [3.05, 3.63) is 101 Å². The number of aromatic nitrogens is 1. The van der Waals surface area contributed by atoms with Gasteiger partial charge in [0.1, 0.15) is 29.7 Å². The summed E-state index contributed by atoms with van der Waals surface area (Å²) in [4.78, 5) is 27.3. The fourth-order valence-electron chi connectivity index (χ4n) is 9.22. The molecule has 4 aliphatic rings. The molecule has 1 saturated carbocycles. The Balaban J connectivity index is 1.40. The van der Waals surface area contributed by atoms with Crippen LogP contribution in [-0.4, -0.2) is 82.8 Å². The number of rotatable bonds is 17. The van der Waals surface area contributed by atoms with Crippen molar-refractivity contribution in [3.8, 4) is 23.0 Å². The molecule has 59 heavy (non-hydrogen) atoms. The zero-order chi connectivity index (χ0) is 41.7. The Morgan fingerprint density at radius 1 is 1.02 bits per heavy atom. The number of likely N-dealkylation sites (N-methyl/N-ethyl adjacent to an activating group) is 1. The van der Waals surface area contributed by atoms with Gasteiger partial charge in [-0.3, -0.25) is 9.78 Å². The highest BCUT2D eigenvalue weighted by Gasteiger charge is 2.65. The molecular weight excluding hydrogens is 751 g/mol. The van der Waals surface area contributed by atoms with Crippen molar-refractivity contribution < 1.29 is 43.5 Å². The maximum absolute atomic E-state index is 14.7. The third kappa shape index (κ3) is 9.00. The predicted molar refractivity (Wildman–Crippen MR) is 224 cm³/mol. The number of allylic oxidation sites excluding steroid dienone is 1. The van der Waals surface area contributed by atoms with Crippen LogP contribution in [-0.2, 0) is 16.2 Å². The topological polar surface area (TPSA) is 141 Å². The number of pyridine rings is 1. The second-order valence-corrected chi connectivity index (χ2v) is 17.0. The standard InChI is InChI=1S/C47H59N3O9/c1-7-23-57-47-42(50(6)45(53)32-17-19-40-41(25-32)56-29-55-40)27-38(49-59-46(3,4)5)36-24-31(14-8-10-21-51)35(16-9-11-22-52)43(44(36)47)37-26-34(18-20-39(37)58-47)54-28-33-15-12-13-30(2)48-33/h7,12-13,15,17-20,24-26,31,35,42-44,51-52H,1,8-11,14,16,21-23,27-29H2,2-6H3/t31-,35+,42-,43+,44+,47+/m0/s1. The highest BCUT2D eigenvalue weighted by Crippen LogP contribution is 2.62. The van der Waals surface area contributed by atoms with Crippen LogP contribution in [0.2, 0.25) is 0 Å². The number of amides is 1. The van der Waals surface area contributed by atoms with E-state index < -0.39 is 23.3 Å². The molecule has 0 radical (unpaired) electrons. The van der Waals surface area contributed by atoms with Crippen LogP contribution in [0.1, 0.15) is 98.9 Å². The van der Waals surface area contributed by atoms with Gasteiger partial charge in [-0.05, 0) is 119 Å². The molecule has 12 nitrogen and oxygen atoms in total. The number of aryl methyl sites for hydroxylation is 1. The third-order valence-corrected chi connectivity index (χ3v) is 11.8. The molecule has 1 aromatic heterocycles. The second-order valence-electron chi connectivity index (χ2n) is 17.0. The van der Waals surface area contributed by atoms with Gasteiger partial charge in [-0.1, -0.05) is 36.2 Å². The Bertz CT molecular complexity index is 2040. The summed E-state index contributed by atoms with van der Waals surface area (Å²) in [6.07, 6.45) is 9.03. The normalized spacial score (nSPS) is 24.7. The molecule has 12 heteroatoms. The van der Waals surface area contributed by atoms with Crippen molar-refractivity contribution in [2.75, 3.05) is 33.7 Å². The van der Waals surface area contributed by atoms with Gasteiger partial charge < -0.3 is 43.6 Å². The van der Waals surface area contributed by atoms with E-state index in [0.29, 0.717) is 48.0 Å². The Kier molecular flexibility index (Phi) is 13.0. The van der Waals surface area contributed by atoms with Gasteiger partial charge >= 0.3 is 0 Å². The summed E-state index contributed by atoms with van der Waals surface area (Å²) in [7, 11) is 1.79. The number of ether oxygens (including phenoxy) is 5. The molecule has 0 spiro atoms. The predicted octanol–water partition coefficient (Wildman–Crippen LogP) is 7.90. The lowest BCUT2D eigenvalue weighted by Crippen LogP contribution is -2.69. The number of fused-ring (bicyclic) bond motifs is 3. The molecule has 2 aromatic carbocycles. The number of carbonyl (C=O) groups is 1. The first-order chi connectivity index (χ1) is 28.5. The molecule has 0 bridgehead atoms. The molecule has 0 unspecified atom stereocenters. The number of oxime groups is 1. The summed E-state index contributed by atoms with van der Waals surface area (Å²) in [5.74, 6) is 0.384. The average Bonchev–Trinajstić information content (AvgIpc) is 3.70. The smallest absolute Gasteiger partial charge is 0.254 e. The average molecular weight is 810 g/mol. The number of hydrogen-bond acceptors (Lipinski definition) is 11. The van der Waals surface area contributed by atoms with E-state index in [1.54, 1.807) is 36.2 Å². The van der Waals surface area contributed by atoms with E-state index in [4.69, 9.17) is 33.7 Å². The van der Waals surface area contributed by atoms with Crippen LogP contribution in [0.3, 0.4) is 0 Å². The van der Waals surface area contributed by atoms with Gasteiger partial charge in [-0.2, -0.15) is 0 Å². The van der Waals surface area contributed by atoms with Crippen molar-refractivity contribution in [2.24, 2.45) is 22.9 Å². The molecule has 3 aromatic rings. The molecule has 0 saturated heterocycles. The molecule has 2 N–H and O–H groups in total. The molecule has 2 aliphatic carbocycles. The van der Waals surface area contributed by atoms with Gasteiger partial charge in [0, 0.05) is 49.4 Å². The first-order valence-electron chi connectivity index (χ1n) is 20.9. The van der Waals surface area contributed by atoms with Gasteiger partial charge in [0.25, 0.3) is 5.91 Å². The number of benzene rings is 2. The van der Waals surface area contributed by atoms with Crippen LogP contribution in [0.4, 0.5) is 0 Å². The molecule has 1 amide bonds. The van der Waals surface area contributed by atoms with E-state index in [2.05, 4.69) is 23.7 Å². The first kappa shape index (κ1) is 42.2. The van der Waals surface area contributed by atoms with Crippen molar-refractivity contribution in [1.29, 1.82) is 0 Å².